The van der Waals surface area contributed by atoms with Crippen molar-refractivity contribution in [2.75, 3.05) is 13.2 Å². The maximum absolute atomic E-state index is 12.8. The first-order valence-corrected chi connectivity index (χ1v) is 30.4. The second-order valence-electron chi connectivity index (χ2n) is 20.2. The number of carbonyl (C=O) groups is 3. The molecule has 0 aliphatic heterocycles. The average Bonchev–Trinajstić information content (AvgIpc) is 3.37. The molecular weight excluding hydrogens is 877 g/mol. The van der Waals surface area contributed by atoms with Gasteiger partial charge < -0.3 is 14.2 Å². The van der Waals surface area contributed by atoms with Crippen molar-refractivity contribution in [3.63, 3.8) is 0 Å². The standard InChI is InChI=1S/C65H114O6/c1-4-7-10-13-16-19-21-23-25-26-27-28-29-30-31-32-33-34-35-36-37-38-40-41-43-46-49-52-55-58-64(67)70-61-62(60-69-63(66)57-54-51-48-45-18-15-12-9-6-3)71-65(68)59-56-53-50-47-44-42-39-24-22-20-17-14-11-8-5-2/h8,11,17,20-21,23-24,26-27,29-30,39,62H,4-7,9-10,12-16,18-19,22,25,28,31-38,40-61H2,1-3H3/b11-8-,20-17-,23-21-,27-26-,30-29-,39-24-. The first kappa shape index (κ1) is 67.8. The van der Waals surface area contributed by atoms with Gasteiger partial charge >= 0.3 is 17.9 Å². The lowest BCUT2D eigenvalue weighted by Crippen LogP contribution is -2.30. The zero-order valence-electron chi connectivity index (χ0n) is 47.0. The quantitative estimate of drug-likeness (QED) is 0.0261. The van der Waals surface area contributed by atoms with Gasteiger partial charge in [-0.25, -0.2) is 0 Å². The van der Waals surface area contributed by atoms with Crippen LogP contribution in [0.15, 0.2) is 72.9 Å². The van der Waals surface area contributed by atoms with Crippen molar-refractivity contribution in [1.29, 1.82) is 0 Å². The van der Waals surface area contributed by atoms with E-state index in [9.17, 15) is 14.4 Å². The summed E-state index contributed by atoms with van der Waals surface area (Å²) in [5.41, 5.74) is 0. The fourth-order valence-electron chi connectivity index (χ4n) is 8.64. The lowest BCUT2D eigenvalue weighted by atomic mass is 10.0. The highest BCUT2D eigenvalue weighted by molar-refractivity contribution is 5.71. The van der Waals surface area contributed by atoms with Crippen LogP contribution in [-0.4, -0.2) is 37.2 Å². The van der Waals surface area contributed by atoms with Crippen molar-refractivity contribution >= 4 is 17.9 Å². The molecule has 0 bridgehead atoms. The van der Waals surface area contributed by atoms with Crippen LogP contribution in [0.2, 0.25) is 0 Å². The van der Waals surface area contributed by atoms with Crippen LogP contribution >= 0.6 is 0 Å². The Balaban J connectivity index is 4.14. The van der Waals surface area contributed by atoms with Gasteiger partial charge in [-0.3, -0.25) is 14.4 Å². The lowest BCUT2D eigenvalue weighted by Gasteiger charge is -2.18. The van der Waals surface area contributed by atoms with E-state index in [1.807, 2.05) is 0 Å². The molecule has 0 spiro atoms. The minimum atomic E-state index is -0.782. The molecule has 0 fully saturated rings. The summed E-state index contributed by atoms with van der Waals surface area (Å²) < 4.78 is 16.8. The number of allylic oxidation sites excluding steroid dienone is 12. The Bertz CT molecular complexity index is 1320. The highest BCUT2D eigenvalue weighted by atomic mass is 16.6. The summed E-state index contributed by atoms with van der Waals surface area (Å²) in [4.78, 5) is 38.1. The molecule has 0 aromatic carbocycles. The lowest BCUT2D eigenvalue weighted by molar-refractivity contribution is -0.167. The molecule has 6 heteroatoms. The van der Waals surface area contributed by atoms with Crippen LogP contribution in [0.4, 0.5) is 0 Å². The molecule has 0 rings (SSSR count). The highest BCUT2D eigenvalue weighted by Crippen LogP contribution is 2.16. The molecule has 0 saturated carbocycles. The van der Waals surface area contributed by atoms with E-state index in [2.05, 4.69) is 93.7 Å². The SMILES string of the molecule is CC/C=C\C/C=C\C/C=C\CCCCCCCC(=O)OC(COC(=O)CCCCCCCCCCC)COC(=O)CCCCCCCCCCCCCCCC/C=C\C/C=C\C/C=C\CCCCCCC. The molecule has 0 aliphatic carbocycles. The van der Waals surface area contributed by atoms with Crippen LogP contribution in [0.3, 0.4) is 0 Å². The van der Waals surface area contributed by atoms with Gasteiger partial charge in [-0.15, -0.1) is 0 Å². The summed E-state index contributed by atoms with van der Waals surface area (Å²) >= 11 is 0. The van der Waals surface area contributed by atoms with Crippen molar-refractivity contribution < 1.29 is 28.6 Å². The fraction of sp³-hybridized carbons (Fsp3) is 0.769. The number of carbonyl (C=O) groups excluding carboxylic acids is 3. The van der Waals surface area contributed by atoms with Gasteiger partial charge in [0.25, 0.3) is 0 Å². The molecule has 6 nitrogen and oxygen atoms in total. The van der Waals surface area contributed by atoms with Crippen molar-refractivity contribution in [3.8, 4) is 0 Å². The van der Waals surface area contributed by atoms with Crippen LogP contribution < -0.4 is 0 Å². The van der Waals surface area contributed by atoms with E-state index in [0.717, 1.165) is 109 Å². The Morgan fingerprint density at radius 3 is 0.859 bits per heavy atom. The third-order valence-electron chi connectivity index (χ3n) is 13.2. The highest BCUT2D eigenvalue weighted by Gasteiger charge is 2.19. The molecular formula is C65H114O6. The summed E-state index contributed by atoms with van der Waals surface area (Å²) in [5, 5.41) is 0. The van der Waals surface area contributed by atoms with Gasteiger partial charge in [0.1, 0.15) is 13.2 Å². The largest absolute Gasteiger partial charge is 0.462 e. The minimum Gasteiger partial charge on any atom is -0.462 e. The number of ether oxygens (including phenoxy) is 3. The molecule has 0 saturated heterocycles. The Hall–Kier alpha value is -3.15. The topological polar surface area (TPSA) is 78.9 Å². The van der Waals surface area contributed by atoms with E-state index in [-0.39, 0.29) is 31.1 Å². The second-order valence-corrected chi connectivity index (χ2v) is 20.2. The minimum absolute atomic E-state index is 0.0800. The van der Waals surface area contributed by atoms with Crippen molar-refractivity contribution in [2.45, 2.75) is 309 Å². The average molecular weight is 992 g/mol. The predicted molar refractivity (Wildman–Crippen MR) is 307 cm³/mol. The first-order valence-electron chi connectivity index (χ1n) is 30.4. The zero-order chi connectivity index (χ0) is 51.4. The van der Waals surface area contributed by atoms with E-state index in [4.69, 9.17) is 14.2 Å². The van der Waals surface area contributed by atoms with Gasteiger partial charge in [0.05, 0.1) is 0 Å². The summed E-state index contributed by atoms with van der Waals surface area (Å²) in [6, 6.07) is 0. The molecule has 0 radical (unpaired) electrons. The van der Waals surface area contributed by atoms with E-state index in [0.29, 0.717) is 19.3 Å². The Morgan fingerprint density at radius 1 is 0.296 bits per heavy atom. The molecule has 0 aromatic heterocycles. The number of hydrogen-bond acceptors (Lipinski definition) is 6. The van der Waals surface area contributed by atoms with Crippen LogP contribution in [0.5, 0.6) is 0 Å². The molecule has 0 aromatic rings. The molecule has 0 aliphatic rings. The van der Waals surface area contributed by atoms with Gasteiger partial charge in [0.2, 0.25) is 0 Å². The molecule has 410 valence electrons. The van der Waals surface area contributed by atoms with Crippen molar-refractivity contribution in [3.05, 3.63) is 72.9 Å². The van der Waals surface area contributed by atoms with E-state index < -0.39 is 6.10 Å². The molecule has 71 heavy (non-hydrogen) atoms. The number of hydrogen-bond donors (Lipinski definition) is 0. The summed E-state index contributed by atoms with van der Waals surface area (Å²) in [6.07, 6.45) is 76.3. The van der Waals surface area contributed by atoms with Gasteiger partial charge in [-0.1, -0.05) is 267 Å². The Kier molecular flexibility index (Phi) is 56.8. The first-order chi connectivity index (χ1) is 35.0. The van der Waals surface area contributed by atoms with E-state index in [1.165, 1.54) is 154 Å². The molecule has 1 unspecified atom stereocenters. The molecule has 1 atom stereocenters. The van der Waals surface area contributed by atoms with E-state index in [1.54, 1.807) is 0 Å². The monoisotopic (exact) mass is 991 g/mol. The van der Waals surface area contributed by atoms with Gasteiger partial charge in [0, 0.05) is 19.3 Å². The van der Waals surface area contributed by atoms with Gasteiger partial charge in [-0.05, 0) is 89.9 Å². The fourth-order valence-corrected chi connectivity index (χ4v) is 8.64. The summed E-state index contributed by atoms with van der Waals surface area (Å²) in [6.45, 7) is 6.50. The second kappa shape index (κ2) is 59.4. The summed E-state index contributed by atoms with van der Waals surface area (Å²) in [7, 11) is 0. The number of esters is 3. The van der Waals surface area contributed by atoms with Crippen molar-refractivity contribution in [1.82, 2.24) is 0 Å². The van der Waals surface area contributed by atoms with Gasteiger partial charge in [0.15, 0.2) is 6.10 Å². The number of rotatable bonds is 55. The van der Waals surface area contributed by atoms with Crippen molar-refractivity contribution in [2.24, 2.45) is 0 Å². The third kappa shape index (κ3) is 57.6. The van der Waals surface area contributed by atoms with Crippen LogP contribution in [0, 0.1) is 0 Å². The Morgan fingerprint density at radius 2 is 0.549 bits per heavy atom. The van der Waals surface area contributed by atoms with Crippen LogP contribution in [0.1, 0.15) is 303 Å². The van der Waals surface area contributed by atoms with E-state index >= 15 is 0 Å². The third-order valence-corrected chi connectivity index (χ3v) is 13.2. The maximum Gasteiger partial charge on any atom is 0.306 e. The molecule has 0 heterocycles. The number of unbranched alkanes of at least 4 members (excludes halogenated alkanes) is 32. The smallest absolute Gasteiger partial charge is 0.306 e. The van der Waals surface area contributed by atoms with Gasteiger partial charge in [-0.2, -0.15) is 0 Å². The normalized spacial score (nSPS) is 12.5. The maximum atomic E-state index is 12.8. The Labute approximate surface area is 440 Å². The van der Waals surface area contributed by atoms with Crippen LogP contribution in [-0.2, 0) is 28.6 Å². The summed E-state index contributed by atoms with van der Waals surface area (Å²) in [5.74, 6) is -0.891. The molecule has 0 N–H and O–H groups in total. The predicted octanol–water partition coefficient (Wildman–Crippen LogP) is 20.5. The zero-order valence-corrected chi connectivity index (χ0v) is 47.0. The van der Waals surface area contributed by atoms with Crippen LogP contribution in [0.25, 0.3) is 0 Å². The molecule has 0 amide bonds.